The lowest BCUT2D eigenvalue weighted by Crippen LogP contribution is -2.11. The van der Waals surface area contributed by atoms with Gasteiger partial charge in [-0.2, -0.15) is 5.10 Å². The molecular weight excluding hydrogens is 500 g/mol. The van der Waals surface area contributed by atoms with Gasteiger partial charge in [0.15, 0.2) is 11.6 Å². The summed E-state index contributed by atoms with van der Waals surface area (Å²) in [6, 6.07) is 13.8. The monoisotopic (exact) mass is 518 g/mol. The molecule has 4 aromatic rings. The van der Waals surface area contributed by atoms with E-state index < -0.39 is 10.0 Å². The third kappa shape index (κ3) is 4.63. The molecule has 3 aromatic heterocycles. The third-order valence-corrected chi connectivity index (χ3v) is 8.24. The van der Waals surface area contributed by atoms with Crippen molar-refractivity contribution in [2.75, 3.05) is 10.0 Å². The van der Waals surface area contributed by atoms with Crippen LogP contribution in [0.5, 0.6) is 0 Å². The Kier molecular flexibility index (Phi) is 5.82. The first-order valence-corrected chi connectivity index (χ1v) is 12.3. The lowest BCUT2D eigenvalue weighted by molar-refractivity contribution is 0.603. The number of hydrogen-bond acceptors (Lipinski definition) is 7. The van der Waals surface area contributed by atoms with Crippen LogP contribution in [0.4, 0.5) is 17.2 Å². The minimum Gasteiger partial charge on any atom is -0.339 e. The second-order valence-electron chi connectivity index (χ2n) is 6.85. The van der Waals surface area contributed by atoms with Gasteiger partial charge in [0.1, 0.15) is 4.21 Å². The van der Waals surface area contributed by atoms with E-state index in [4.69, 9.17) is 0 Å². The number of nitrogens with one attached hydrogen (secondary N) is 2. The number of halogens is 1. The molecule has 0 saturated heterocycles. The van der Waals surface area contributed by atoms with Gasteiger partial charge in [0.25, 0.3) is 10.0 Å². The average molecular weight is 519 g/mol. The Morgan fingerprint density at radius 3 is 2.19 bits per heavy atom. The van der Waals surface area contributed by atoms with Crippen molar-refractivity contribution < 1.29 is 8.42 Å². The fraction of sp³-hybridized carbons (Fsp3) is 0.150. The summed E-state index contributed by atoms with van der Waals surface area (Å²) in [5, 5.41) is 16.1. The Bertz CT molecular complexity index is 1330. The molecule has 160 valence electrons. The molecule has 0 aliphatic carbocycles. The van der Waals surface area contributed by atoms with E-state index in [0.717, 1.165) is 37.8 Å². The van der Waals surface area contributed by atoms with Crippen molar-refractivity contribution >= 4 is 54.5 Å². The lowest BCUT2D eigenvalue weighted by Gasteiger charge is -2.09. The number of hydrogen-bond donors (Lipinski definition) is 2. The van der Waals surface area contributed by atoms with Crippen LogP contribution in [0.3, 0.4) is 0 Å². The standard InChI is InChI=1S/C20H19BrN6O2S2/c1-12-13(2)25-27(14(12)3)19-10-9-18(23-24-19)22-15-4-6-16(7-5-15)26-31(28,29)20-11-8-17(21)30-20/h4-11,26H,1-3H3,(H,22,23). The van der Waals surface area contributed by atoms with Gasteiger partial charge in [0.2, 0.25) is 0 Å². The van der Waals surface area contributed by atoms with Crippen LogP contribution in [0, 0.1) is 20.8 Å². The number of benzene rings is 1. The predicted molar refractivity (Wildman–Crippen MR) is 126 cm³/mol. The van der Waals surface area contributed by atoms with Crippen LogP contribution in [-0.4, -0.2) is 28.4 Å². The lowest BCUT2D eigenvalue weighted by atomic mass is 10.2. The predicted octanol–water partition coefficient (Wildman–Crippen LogP) is 4.96. The van der Waals surface area contributed by atoms with Gasteiger partial charge in [-0.25, -0.2) is 13.1 Å². The van der Waals surface area contributed by atoms with Gasteiger partial charge in [-0.1, -0.05) is 0 Å². The van der Waals surface area contributed by atoms with Crippen molar-refractivity contribution in [2.24, 2.45) is 0 Å². The SMILES string of the molecule is Cc1nn(-c2ccc(Nc3ccc(NS(=O)(=O)c4ccc(Br)s4)cc3)nn2)c(C)c1C. The molecule has 0 atom stereocenters. The number of thiophene rings is 1. The number of nitrogens with zero attached hydrogens (tertiary/aromatic N) is 4. The Labute approximate surface area is 192 Å². The number of sulfonamides is 1. The van der Waals surface area contributed by atoms with Crippen LogP contribution in [0.1, 0.15) is 17.0 Å². The van der Waals surface area contributed by atoms with Crippen LogP contribution in [0.2, 0.25) is 0 Å². The van der Waals surface area contributed by atoms with Crippen LogP contribution in [0.25, 0.3) is 5.82 Å². The zero-order valence-corrected chi connectivity index (χ0v) is 20.1. The summed E-state index contributed by atoms with van der Waals surface area (Å²) in [5.41, 5.74) is 4.35. The fourth-order valence-electron chi connectivity index (χ4n) is 2.87. The van der Waals surface area contributed by atoms with Crippen LogP contribution < -0.4 is 10.0 Å². The van der Waals surface area contributed by atoms with Gasteiger partial charge in [0, 0.05) is 17.1 Å². The summed E-state index contributed by atoms with van der Waals surface area (Å²) < 4.78 is 30.2. The van der Waals surface area contributed by atoms with E-state index in [0.29, 0.717) is 17.3 Å². The summed E-state index contributed by atoms with van der Waals surface area (Å²) >= 11 is 4.43. The maximum atomic E-state index is 12.4. The van der Waals surface area contributed by atoms with Crippen LogP contribution in [0.15, 0.2) is 56.5 Å². The molecule has 2 N–H and O–H groups in total. The molecule has 0 fully saturated rings. The summed E-state index contributed by atoms with van der Waals surface area (Å²) in [6.45, 7) is 5.99. The molecule has 11 heteroatoms. The molecule has 31 heavy (non-hydrogen) atoms. The van der Waals surface area contributed by atoms with Gasteiger partial charge >= 0.3 is 0 Å². The number of anilines is 3. The molecule has 8 nitrogen and oxygen atoms in total. The van der Waals surface area contributed by atoms with E-state index in [1.807, 2.05) is 32.9 Å². The van der Waals surface area contributed by atoms with Crippen LogP contribution >= 0.6 is 27.3 Å². The first kappa shape index (κ1) is 21.5. The Balaban J connectivity index is 1.45. The van der Waals surface area contributed by atoms with E-state index in [2.05, 4.69) is 41.3 Å². The maximum absolute atomic E-state index is 12.4. The average Bonchev–Trinajstić information content (AvgIpc) is 3.29. The minimum atomic E-state index is -3.61. The number of rotatable bonds is 6. The highest BCUT2D eigenvalue weighted by molar-refractivity contribution is 9.11. The van der Waals surface area contributed by atoms with Crippen molar-refractivity contribution in [1.29, 1.82) is 0 Å². The van der Waals surface area contributed by atoms with Crippen molar-refractivity contribution in [3.63, 3.8) is 0 Å². The normalized spacial score (nSPS) is 11.5. The number of aryl methyl sites for hydroxylation is 1. The van der Waals surface area contributed by atoms with E-state index >= 15 is 0 Å². The first-order chi connectivity index (χ1) is 14.7. The Morgan fingerprint density at radius 1 is 0.935 bits per heavy atom. The zero-order valence-electron chi connectivity index (χ0n) is 16.9. The highest BCUT2D eigenvalue weighted by Crippen LogP contribution is 2.28. The molecule has 4 rings (SSSR count). The quantitative estimate of drug-likeness (QED) is 0.374. The zero-order chi connectivity index (χ0) is 22.2. The maximum Gasteiger partial charge on any atom is 0.271 e. The largest absolute Gasteiger partial charge is 0.339 e. The summed E-state index contributed by atoms with van der Waals surface area (Å²) in [7, 11) is -3.61. The number of aromatic nitrogens is 4. The molecule has 1 aromatic carbocycles. The van der Waals surface area contributed by atoms with Crippen LogP contribution in [-0.2, 0) is 10.0 Å². The van der Waals surface area contributed by atoms with Crippen molar-refractivity contribution in [3.8, 4) is 5.82 Å². The van der Waals surface area contributed by atoms with Gasteiger partial charge in [-0.15, -0.1) is 21.5 Å². The third-order valence-electron chi connectivity index (χ3n) is 4.74. The topological polar surface area (TPSA) is 102 Å². The van der Waals surface area contributed by atoms with Crippen molar-refractivity contribution in [1.82, 2.24) is 20.0 Å². The van der Waals surface area contributed by atoms with Gasteiger partial charge < -0.3 is 5.32 Å². The molecule has 0 amide bonds. The van der Waals surface area contributed by atoms with E-state index in [1.54, 1.807) is 41.1 Å². The molecular formula is C20H19BrN6O2S2. The van der Waals surface area contributed by atoms with Gasteiger partial charge in [-0.05, 0) is 90.8 Å². The van der Waals surface area contributed by atoms with Crippen molar-refractivity contribution in [3.05, 3.63) is 69.3 Å². The van der Waals surface area contributed by atoms with Gasteiger partial charge in [0.05, 0.1) is 9.48 Å². The van der Waals surface area contributed by atoms with Crippen molar-refractivity contribution in [2.45, 2.75) is 25.0 Å². The molecule has 0 aliphatic rings. The minimum absolute atomic E-state index is 0.245. The molecule has 3 heterocycles. The Hall–Kier alpha value is -2.76. The Morgan fingerprint density at radius 2 is 1.65 bits per heavy atom. The molecule has 0 aliphatic heterocycles. The second-order valence-corrected chi connectivity index (χ2v) is 11.2. The highest BCUT2D eigenvalue weighted by Gasteiger charge is 2.16. The van der Waals surface area contributed by atoms with E-state index in [9.17, 15) is 8.42 Å². The highest BCUT2D eigenvalue weighted by atomic mass is 79.9. The molecule has 0 saturated carbocycles. The van der Waals surface area contributed by atoms with Gasteiger partial charge in [-0.3, -0.25) is 4.72 Å². The fourth-order valence-corrected chi connectivity index (χ4v) is 5.93. The van der Waals surface area contributed by atoms with E-state index in [1.165, 1.54) is 0 Å². The summed E-state index contributed by atoms with van der Waals surface area (Å²) in [4.78, 5) is 0. The summed E-state index contributed by atoms with van der Waals surface area (Å²) in [5.74, 6) is 1.21. The smallest absolute Gasteiger partial charge is 0.271 e. The molecule has 0 spiro atoms. The molecule has 0 radical (unpaired) electrons. The molecule has 0 unspecified atom stereocenters. The van der Waals surface area contributed by atoms with E-state index in [-0.39, 0.29) is 4.21 Å². The second kappa shape index (κ2) is 8.40. The first-order valence-electron chi connectivity index (χ1n) is 9.25. The molecule has 0 bridgehead atoms. The summed E-state index contributed by atoms with van der Waals surface area (Å²) in [6.07, 6.45) is 0.